The van der Waals surface area contributed by atoms with Crippen LogP contribution >= 0.6 is 58.0 Å². The number of hydrogen-bond acceptors (Lipinski definition) is 1. The van der Waals surface area contributed by atoms with E-state index in [-0.39, 0.29) is 5.78 Å². The summed E-state index contributed by atoms with van der Waals surface area (Å²) in [5.74, 6) is -0.380. The first kappa shape index (κ1) is 13.4. The molecular weight excluding hydrogens is 301 g/mol. The fourth-order valence-electron chi connectivity index (χ4n) is 0.949. The zero-order valence-electron chi connectivity index (χ0n) is 7.18. The first-order valence-corrected chi connectivity index (χ1v) is 5.82. The number of benzene rings is 1. The van der Waals surface area contributed by atoms with Crippen molar-refractivity contribution in [3.63, 3.8) is 0 Å². The summed E-state index contributed by atoms with van der Waals surface area (Å²) in [4.78, 5) is 10.3. The largest absolute Gasteiger partial charge is 0.291 e. The van der Waals surface area contributed by atoms with E-state index in [2.05, 4.69) is 0 Å². The minimum Gasteiger partial charge on any atom is -0.291 e. The molecule has 0 saturated carbocycles. The third kappa shape index (κ3) is 3.69. The molecule has 0 aliphatic rings. The van der Waals surface area contributed by atoms with Gasteiger partial charge in [0.05, 0.1) is 0 Å². The van der Waals surface area contributed by atoms with Crippen molar-refractivity contribution in [2.75, 3.05) is 0 Å². The highest BCUT2D eigenvalue weighted by Gasteiger charge is 2.23. The minimum atomic E-state index is -1.50. The minimum absolute atomic E-state index is 0.378. The van der Waals surface area contributed by atoms with Crippen LogP contribution in [0, 0.1) is 0 Å². The van der Waals surface area contributed by atoms with Crippen molar-refractivity contribution in [3.8, 4) is 0 Å². The van der Waals surface area contributed by atoms with E-state index < -0.39 is 8.63 Å². The maximum atomic E-state index is 11.3. The Hall–Kier alpha value is 0.340. The molecule has 1 nitrogen and oxygen atoms in total. The van der Waals surface area contributed by atoms with E-state index in [0.29, 0.717) is 11.1 Å². The summed E-state index contributed by atoms with van der Waals surface area (Å²) < 4.78 is -1.50. The van der Waals surface area contributed by atoms with E-state index in [9.17, 15) is 4.79 Å². The zero-order chi connectivity index (χ0) is 11.6. The number of alkyl halides is 5. The van der Waals surface area contributed by atoms with Crippen LogP contribution in [0.25, 0.3) is 0 Å². The molecule has 0 aromatic heterocycles. The van der Waals surface area contributed by atoms with E-state index >= 15 is 0 Å². The normalized spacial score (nSPS) is 11.9. The summed E-state index contributed by atoms with van der Waals surface area (Å²) in [6.07, 6.45) is 0. The smallest absolute Gasteiger partial charge is 0.216 e. The van der Waals surface area contributed by atoms with Gasteiger partial charge in [0.25, 0.3) is 0 Å². The number of carbonyl (C=O) groups excluding carboxylic acids is 1. The molecule has 0 atom stereocenters. The molecule has 0 unspecified atom stereocenters. The van der Waals surface area contributed by atoms with Gasteiger partial charge in [-0.3, -0.25) is 4.79 Å². The van der Waals surface area contributed by atoms with Crippen molar-refractivity contribution in [2.45, 2.75) is 8.63 Å². The first-order chi connectivity index (χ1) is 6.82. The lowest BCUT2D eigenvalue weighted by molar-refractivity contribution is 0.101. The molecule has 1 aromatic carbocycles. The van der Waals surface area contributed by atoms with Gasteiger partial charge in [-0.05, 0) is 0 Å². The lowest BCUT2D eigenvalue weighted by atomic mass is 10.1. The number of ketones is 1. The maximum Gasteiger partial charge on any atom is 0.216 e. The Morgan fingerprint density at radius 1 is 1.07 bits per heavy atom. The molecule has 1 rings (SSSR count). The van der Waals surface area contributed by atoms with Crippen LogP contribution in [0.1, 0.15) is 15.9 Å². The van der Waals surface area contributed by atoms with Gasteiger partial charge in [-0.15, -0.1) is 0 Å². The van der Waals surface area contributed by atoms with Crippen LogP contribution in [0.4, 0.5) is 0 Å². The molecule has 0 saturated heterocycles. The molecule has 6 heteroatoms. The Kier molecular flexibility index (Phi) is 4.57. The molecule has 0 fully saturated rings. The predicted molar refractivity (Wildman–Crippen MR) is 65.5 cm³/mol. The third-order valence-corrected chi connectivity index (χ3v) is 2.75. The van der Waals surface area contributed by atoms with Gasteiger partial charge in [0, 0.05) is 11.1 Å². The van der Waals surface area contributed by atoms with Crippen LogP contribution in [0.3, 0.4) is 0 Å². The van der Waals surface area contributed by atoms with E-state index in [1.165, 1.54) is 24.3 Å². The highest BCUT2D eigenvalue weighted by Crippen LogP contribution is 2.38. The third-order valence-electron chi connectivity index (χ3n) is 1.69. The molecule has 15 heavy (non-hydrogen) atoms. The van der Waals surface area contributed by atoms with Crippen LogP contribution in [-0.2, 0) is 3.79 Å². The zero-order valence-corrected chi connectivity index (χ0v) is 11.0. The molecular formula is C9H5Cl5O. The Morgan fingerprint density at radius 3 is 1.87 bits per heavy atom. The summed E-state index contributed by atoms with van der Waals surface area (Å²) in [7, 11) is 0. The molecule has 0 heterocycles. The van der Waals surface area contributed by atoms with Gasteiger partial charge in [-0.25, -0.2) is 0 Å². The maximum absolute atomic E-state index is 11.3. The van der Waals surface area contributed by atoms with Crippen molar-refractivity contribution in [2.24, 2.45) is 0 Å². The van der Waals surface area contributed by atoms with Crippen molar-refractivity contribution in [3.05, 3.63) is 35.4 Å². The van der Waals surface area contributed by atoms with Crippen molar-refractivity contribution in [1.29, 1.82) is 0 Å². The number of rotatable bonds is 2. The molecule has 0 aliphatic heterocycles. The van der Waals surface area contributed by atoms with E-state index in [1.54, 1.807) is 0 Å². The summed E-state index contributed by atoms with van der Waals surface area (Å²) in [5.41, 5.74) is 0.854. The molecule has 0 amide bonds. The Bertz CT molecular complexity index is 352. The van der Waals surface area contributed by atoms with Crippen LogP contribution in [0.15, 0.2) is 24.3 Å². The second kappa shape index (κ2) is 5.11. The molecule has 0 N–H and O–H groups in total. The summed E-state index contributed by atoms with van der Waals surface area (Å²) in [6, 6.07) is 6.10. The monoisotopic (exact) mass is 304 g/mol. The van der Waals surface area contributed by atoms with Crippen LogP contribution in [0.5, 0.6) is 0 Å². The summed E-state index contributed by atoms with van der Waals surface area (Å²) in [6.45, 7) is 0. The molecule has 0 aliphatic carbocycles. The molecule has 82 valence electrons. The summed E-state index contributed by atoms with van der Waals surface area (Å²) in [5, 5.41) is 0. The lowest BCUT2D eigenvalue weighted by Crippen LogP contribution is -2.08. The topological polar surface area (TPSA) is 17.1 Å². The fraction of sp³-hybridized carbons (Fsp3) is 0.222. The van der Waals surface area contributed by atoms with Crippen molar-refractivity contribution >= 4 is 63.8 Å². The van der Waals surface area contributed by atoms with Crippen LogP contribution in [0.2, 0.25) is 0 Å². The quantitative estimate of drug-likeness (QED) is 0.581. The average Bonchev–Trinajstić information content (AvgIpc) is 2.15. The van der Waals surface area contributed by atoms with E-state index in [1.807, 2.05) is 0 Å². The number of halogens is 5. The molecule has 0 spiro atoms. The van der Waals surface area contributed by atoms with Gasteiger partial charge in [-0.1, -0.05) is 82.3 Å². The Morgan fingerprint density at radius 2 is 1.53 bits per heavy atom. The molecule has 1 aromatic rings. The second-order valence-corrected chi connectivity index (χ2v) is 6.12. The number of Topliss-reactive ketones (excluding diaryl/α,β-unsaturated/α-hetero) is 1. The molecule has 0 radical (unpaired) electrons. The number of carbonyl (C=O) groups is 1. The lowest BCUT2D eigenvalue weighted by Gasteiger charge is -2.11. The van der Waals surface area contributed by atoms with Gasteiger partial charge < -0.3 is 0 Å². The SMILES string of the molecule is O=C(c1ccc(C(Cl)(Cl)Cl)cc1)C(Cl)Cl. The van der Waals surface area contributed by atoms with Gasteiger partial charge in [0.15, 0.2) is 10.6 Å². The van der Waals surface area contributed by atoms with E-state index in [4.69, 9.17) is 58.0 Å². The van der Waals surface area contributed by atoms with Gasteiger partial charge in [-0.2, -0.15) is 0 Å². The van der Waals surface area contributed by atoms with Gasteiger partial charge >= 0.3 is 0 Å². The molecule has 0 bridgehead atoms. The van der Waals surface area contributed by atoms with Crippen molar-refractivity contribution in [1.82, 2.24) is 0 Å². The highest BCUT2D eigenvalue weighted by atomic mass is 35.6. The number of hydrogen-bond donors (Lipinski definition) is 0. The van der Waals surface area contributed by atoms with Gasteiger partial charge in [0.2, 0.25) is 3.79 Å². The van der Waals surface area contributed by atoms with Gasteiger partial charge in [0.1, 0.15) is 0 Å². The Balaban J connectivity index is 2.96. The standard InChI is InChI=1S/C9H5Cl5O/c10-8(11)7(15)5-1-3-6(4-2-5)9(12,13)14/h1-4,8H. The first-order valence-electron chi connectivity index (χ1n) is 3.82. The summed E-state index contributed by atoms with van der Waals surface area (Å²) >= 11 is 27.8. The van der Waals surface area contributed by atoms with Crippen LogP contribution in [-0.4, -0.2) is 10.6 Å². The Labute approximate surface area is 112 Å². The van der Waals surface area contributed by atoms with Crippen molar-refractivity contribution < 1.29 is 4.79 Å². The van der Waals surface area contributed by atoms with E-state index in [0.717, 1.165) is 0 Å². The highest BCUT2D eigenvalue weighted by molar-refractivity contribution is 6.66. The van der Waals surface area contributed by atoms with Crippen LogP contribution < -0.4 is 0 Å². The fourth-order valence-corrected chi connectivity index (χ4v) is 1.58. The average molecular weight is 306 g/mol. The second-order valence-electron chi connectivity index (χ2n) is 2.74. The predicted octanol–water partition coefficient (Wildman–Crippen LogP) is 4.50.